The molecule has 0 aliphatic carbocycles. The summed E-state index contributed by atoms with van der Waals surface area (Å²) in [4.78, 5) is 26.8. The van der Waals surface area contributed by atoms with Crippen molar-refractivity contribution >= 4 is 23.2 Å². The second-order valence-corrected chi connectivity index (χ2v) is 4.61. The highest BCUT2D eigenvalue weighted by atomic mass is 32.1. The van der Waals surface area contributed by atoms with Gasteiger partial charge in [-0.3, -0.25) is 4.79 Å². The summed E-state index contributed by atoms with van der Waals surface area (Å²) in [7, 11) is 0. The minimum absolute atomic E-state index is 0.0234. The zero-order chi connectivity index (χ0) is 13.8. The second-order valence-electron chi connectivity index (χ2n) is 3.63. The maximum atomic E-state index is 12.9. The highest BCUT2D eigenvalue weighted by molar-refractivity contribution is 7.10. The Labute approximate surface area is 111 Å². The Morgan fingerprint density at radius 2 is 2.21 bits per heavy atom. The second kappa shape index (κ2) is 5.57. The monoisotopic (exact) mass is 280 g/mol. The van der Waals surface area contributed by atoms with Gasteiger partial charge in [-0.2, -0.15) is 4.39 Å². The van der Waals surface area contributed by atoms with Gasteiger partial charge in [0.1, 0.15) is 0 Å². The standard InChI is InChI=1S/C12H9FN2O3S/c13-9-6-7(3-4-14-9)11(16)15-10(12(17)18)8-2-1-5-19-8/h1-6,10H,(H,15,16)(H,17,18). The van der Waals surface area contributed by atoms with Gasteiger partial charge in [-0.05, 0) is 17.5 Å². The molecule has 1 atom stereocenters. The minimum Gasteiger partial charge on any atom is -0.479 e. The molecule has 0 radical (unpaired) electrons. The smallest absolute Gasteiger partial charge is 0.331 e. The maximum absolute atomic E-state index is 12.9. The van der Waals surface area contributed by atoms with Crippen LogP contribution in [-0.2, 0) is 4.79 Å². The SMILES string of the molecule is O=C(NC(C(=O)O)c1cccs1)c1ccnc(F)c1. The first kappa shape index (κ1) is 13.2. The summed E-state index contributed by atoms with van der Waals surface area (Å²) in [5.41, 5.74) is 0.0234. The van der Waals surface area contributed by atoms with Crippen LogP contribution < -0.4 is 5.32 Å². The van der Waals surface area contributed by atoms with E-state index in [1.54, 1.807) is 17.5 Å². The fraction of sp³-hybridized carbons (Fsp3) is 0.0833. The van der Waals surface area contributed by atoms with E-state index >= 15 is 0 Å². The molecule has 0 bridgehead atoms. The van der Waals surface area contributed by atoms with Gasteiger partial charge in [0.25, 0.3) is 5.91 Å². The number of carbonyl (C=O) groups excluding carboxylic acids is 1. The van der Waals surface area contributed by atoms with Crippen molar-refractivity contribution in [3.63, 3.8) is 0 Å². The fourth-order valence-corrected chi connectivity index (χ4v) is 2.24. The summed E-state index contributed by atoms with van der Waals surface area (Å²) in [6.45, 7) is 0. The molecule has 1 unspecified atom stereocenters. The average Bonchev–Trinajstić information content (AvgIpc) is 2.88. The molecule has 19 heavy (non-hydrogen) atoms. The first-order valence-electron chi connectivity index (χ1n) is 5.26. The number of halogens is 1. The van der Waals surface area contributed by atoms with Gasteiger partial charge in [0.2, 0.25) is 5.95 Å². The van der Waals surface area contributed by atoms with Crippen molar-refractivity contribution in [2.75, 3.05) is 0 Å². The van der Waals surface area contributed by atoms with Crippen LogP contribution in [0.3, 0.4) is 0 Å². The minimum atomic E-state index is -1.18. The molecule has 0 aromatic carbocycles. The number of nitrogens with one attached hydrogen (secondary N) is 1. The molecule has 2 aromatic rings. The Kier molecular flexibility index (Phi) is 3.86. The number of aliphatic carboxylic acids is 1. The van der Waals surface area contributed by atoms with Crippen LogP contribution in [0.5, 0.6) is 0 Å². The molecule has 0 aliphatic heterocycles. The molecule has 2 aromatic heterocycles. The Morgan fingerprint density at radius 1 is 1.42 bits per heavy atom. The summed E-state index contributed by atoms with van der Waals surface area (Å²) < 4.78 is 12.9. The van der Waals surface area contributed by atoms with E-state index < -0.39 is 23.9 Å². The topological polar surface area (TPSA) is 79.3 Å². The number of aromatic nitrogens is 1. The summed E-state index contributed by atoms with van der Waals surface area (Å²) in [6.07, 6.45) is 1.14. The Bertz CT molecular complexity index is 601. The molecule has 7 heteroatoms. The third-order valence-electron chi connectivity index (χ3n) is 2.34. The molecule has 5 nitrogen and oxygen atoms in total. The van der Waals surface area contributed by atoms with E-state index in [9.17, 15) is 14.0 Å². The van der Waals surface area contributed by atoms with Crippen LogP contribution in [0.2, 0.25) is 0 Å². The van der Waals surface area contributed by atoms with Crippen molar-refractivity contribution in [1.29, 1.82) is 0 Å². The van der Waals surface area contributed by atoms with Crippen molar-refractivity contribution in [3.8, 4) is 0 Å². The predicted octanol–water partition coefficient (Wildman–Crippen LogP) is 1.84. The van der Waals surface area contributed by atoms with E-state index in [2.05, 4.69) is 10.3 Å². The number of nitrogens with zero attached hydrogens (tertiary/aromatic N) is 1. The molecule has 1 amide bonds. The lowest BCUT2D eigenvalue weighted by Crippen LogP contribution is -2.33. The Hall–Kier alpha value is -2.28. The van der Waals surface area contributed by atoms with Crippen LogP contribution in [0.1, 0.15) is 21.3 Å². The van der Waals surface area contributed by atoms with E-state index in [-0.39, 0.29) is 5.56 Å². The van der Waals surface area contributed by atoms with Crippen LogP contribution in [0, 0.1) is 5.95 Å². The highest BCUT2D eigenvalue weighted by Crippen LogP contribution is 2.19. The molecule has 0 saturated carbocycles. The van der Waals surface area contributed by atoms with Crippen LogP contribution in [0.25, 0.3) is 0 Å². The number of carboxylic acid groups (broad SMARTS) is 1. The van der Waals surface area contributed by atoms with Gasteiger partial charge in [0, 0.05) is 22.7 Å². The predicted molar refractivity (Wildman–Crippen MR) is 66.4 cm³/mol. The number of hydrogen-bond donors (Lipinski definition) is 2. The number of thiophene rings is 1. The van der Waals surface area contributed by atoms with Crippen LogP contribution in [0.15, 0.2) is 35.8 Å². The first-order valence-corrected chi connectivity index (χ1v) is 6.14. The summed E-state index contributed by atoms with van der Waals surface area (Å²) in [6, 6.07) is 4.41. The average molecular weight is 280 g/mol. The number of rotatable bonds is 4. The van der Waals surface area contributed by atoms with E-state index in [0.29, 0.717) is 4.88 Å². The molecule has 0 fully saturated rings. The van der Waals surface area contributed by atoms with E-state index in [4.69, 9.17) is 5.11 Å². The number of pyridine rings is 1. The zero-order valence-corrected chi connectivity index (χ0v) is 10.4. The van der Waals surface area contributed by atoms with Crippen LogP contribution in [0.4, 0.5) is 4.39 Å². The van der Waals surface area contributed by atoms with Gasteiger partial charge in [-0.1, -0.05) is 6.07 Å². The number of hydrogen-bond acceptors (Lipinski definition) is 4. The van der Waals surface area contributed by atoms with Gasteiger partial charge in [-0.25, -0.2) is 9.78 Å². The van der Waals surface area contributed by atoms with Gasteiger partial charge < -0.3 is 10.4 Å². The Balaban J connectivity index is 2.19. The largest absolute Gasteiger partial charge is 0.479 e. The zero-order valence-electron chi connectivity index (χ0n) is 9.54. The third-order valence-corrected chi connectivity index (χ3v) is 3.28. The number of amides is 1. The van der Waals surface area contributed by atoms with Crippen molar-refractivity contribution in [3.05, 3.63) is 52.2 Å². The third kappa shape index (κ3) is 3.14. The van der Waals surface area contributed by atoms with Crippen molar-refractivity contribution in [2.24, 2.45) is 0 Å². The van der Waals surface area contributed by atoms with Crippen LogP contribution >= 0.6 is 11.3 Å². The molecule has 2 N–H and O–H groups in total. The summed E-state index contributed by atoms with van der Waals surface area (Å²) >= 11 is 1.22. The van der Waals surface area contributed by atoms with Gasteiger partial charge in [0.15, 0.2) is 6.04 Å². The van der Waals surface area contributed by atoms with Crippen molar-refractivity contribution in [1.82, 2.24) is 10.3 Å². The van der Waals surface area contributed by atoms with Crippen LogP contribution in [-0.4, -0.2) is 22.0 Å². The molecule has 2 heterocycles. The lowest BCUT2D eigenvalue weighted by Gasteiger charge is -2.12. The molecule has 98 valence electrons. The van der Waals surface area contributed by atoms with Gasteiger partial charge >= 0.3 is 5.97 Å². The molecule has 0 saturated heterocycles. The number of carboxylic acids is 1. The van der Waals surface area contributed by atoms with Gasteiger partial charge in [-0.15, -0.1) is 11.3 Å². The molecular formula is C12H9FN2O3S. The quantitative estimate of drug-likeness (QED) is 0.837. The van der Waals surface area contributed by atoms with E-state index in [0.717, 1.165) is 12.3 Å². The number of carbonyl (C=O) groups is 2. The lowest BCUT2D eigenvalue weighted by molar-refractivity contribution is -0.139. The van der Waals surface area contributed by atoms with Gasteiger partial charge in [0.05, 0.1) is 0 Å². The normalized spacial score (nSPS) is 11.8. The summed E-state index contributed by atoms with van der Waals surface area (Å²) in [5.74, 6) is -2.64. The van der Waals surface area contributed by atoms with E-state index in [1.165, 1.54) is 17.4 Å². The van der Waals surface area contributed by atoms with Crippen molar-refractivity contribution < 1.29 is 19.1 Å². The molecule has 0 spiro atoms. The van der Waals surface area contributed by atoms with E-state index in [1.807, 2.05) is 0 Å². The fourth-order valence-electron chi connectivity index (χ4n) is 1.47. The first-order chi connectivity index (χ1) is 9.08. The van der Waals surface area contributed by atoms with Crippen molar-refractivity contribution in [2.45, 2.75) is 6.04 Å². The lowest BCUT2D eigenvalue weighted by atomic mass is 10.2. The molecular weight excluding hydrogens is 271 g/mol. The maximum Gasteiger partial charge on any atom is 0.331 e. The molecule has 2 rings (SSSR count). The highest BCUT2D eigenvalue weighted by Gasteiger charge is 2.23. The molecule has 0 aliphatic rings. The Morgan fingerprint density at radius 3 is 2.79 bits per heavy atom. The summed E-state index contributed by atoms with van der Waals surface area (Å²) in [5, 5.41) is 13.2.